The molecule has 0 atom stereocenters. The van der Waals surface area contributed by atoms with Gasteiger partial charge >= 0.3 is 5.97 Å². The first-order chi connectivity index (χ1) is 12.6. The number of piperazine rings is 1. The molecule has 1 aliphatic heterocycles. The van der Waals surface area contributed by atoms with Crippen LogP contribution in [0.3, 0.4) is 0 Å². The highest BCUT2D eigenvalue weighted by atomic mass is 16.5. The summed E-state index contributed by atoms with van der Waals surface area (Å²) >= 11 is 0. The number of aromatic amines is 1. The highest BCUT2D eigenvalue weighted by molar-refractivity contribution is 5.83. The minimum absolute atomic E-state index is 0.0468. The summed E-state index contributed by atoms with van der Waals surface area (Å²) in [4.78, 5) is 46.4. The van der Waals surface area contributed by atoms with E-state index in [4.69, 9.17) is 0 Å². The Bertz CT molecular complexity index is 808. The van der Waals surface area contributed by atoms with Crippen LogP contribution < -0.4 is 0 Å². The van der Waals surface area contributed by atoms with Crippen molar-refractivity contribution in [2.24, 2.45) is 0 Å². The Morgan fingerprint density at radius 2 is 1.77 bits per heavy atom. The highest BCUT2D eigenvalue weighted by Gasteiger charge is 2.24. The van der Waals surface area contributed by atoms with Crippen molar-refractivity contribution in [3.05, 3.63) is 30.1 Å². The summed E-state index contributed by atoms with van der Waals surface area (Å²) in [6, 6.07) is 5.74. The van der Waals surface area contributed by atoms with Crippen molar-refractivity contribution in [1.29, 1.82) is 0 Å². The summed E-state index contributed by atoms with van der Waals surface area (Å²) < 4.78 is 4.55. The number of imidazole rings is 1. The lowest BCUT2D eigenvalue weighted by molar-refractivity contribution is -0.144. The first-order valence-corrected chi connectivity index (χ1v) is 8.61. The summed E-state index contributed by atoms with van der Waals surface area (Å²) in [5.74, 6) is -0.417. The second kappa shape index (κ2) is 7.99. The molecule has 1 N–H and O–H groups in total. The zero-order chi connectivity index (χ0) is 18.5. The molecule has 2 aromatic rings. The molecule has 26 heavy (non-hydrogen) atoms. The van der Waals surface area contributed by atoms with Crippen LogP contribution in [0.15, 0.2) is 24.5 Å². The number of esters is 1. The van der Waals surface area contributed by atoms with Gasteiger partial charge in [-0.3, -0.25) is 14.4 Å². The third kappa shape index (κ3) is 4.19. The molecule has 1 fully saturated rings. The van der Waals surface area contributed by atoms with Gasteiger partial charge < -0.3 is 19.5 Å². The lowest BCUT2D eigenvalue weighted by Crippen LogP contribution is -2.51. The average molecular weight is 358 g/mol. The van der Waals surface area contributed by atoms with Crippen LogP contribution in [0, 0.1) is 0 Å². The van der Waals surface area contributed by atoms with E-state index in [1.54, 1.807) is 16.1 Å². The van der Waals surface area contributed by atoms with E-state index in [0.29, 0.717) is 32.6 Å². The molecule has 2 heterocycles. The summed E-state index contributed by atoms with van der Waals surface area (Å²) in [5.41, 5.74) is 2.72. The van der Waals surface area contributed by atoms with E-state index in [-0.39, 0.29) is 30.6 Å². The fourth-order valence-electron chi connectivity index (χ4n) is 3.05. The largest absolute Gasteiger partial charge is 0.469 e. The van der Waals surface area contributed by atoms with Crippen molar-refractivity contribution < 1.29 is 19.1 Å². The van der Waals surface area contributed by atoms with Crippen LogP contribution >= 0.6 is 0 Å². The van der Waals surface area contributed by atoms with Crippen LogP contribution in [-0.4, -0.2) is 70.8 Å². The summed E-state index contributed by atoms with van der Waals surface area (Å²) in [6.45, 7) is 2.00. The van der Waals surface area contributed by atoms with Gasteiger partial charge in [0.05, 0.1) is 37.3 Å². The first kappa shape index (κ1) is 17.9. The molecule has 0 spiro atoms. The number of nitrogens with zero attached hydrogens (tertiary/aromatic N) is 3. The van der Waals surface area contributed by atoms with E-state index in [1.807, 2.05) is 18.2 Å². The Morgan fingerprint density at radius 3 is 2.46 bits per heavy atom. The average Bonchev–Trinajstić information content (AvgIpc) is 3.13. The normalized spacial score (nSPS) is 14.5. The third-order valence-electron chi connectivity index (χ3n) is 4.60. The fourth-order valence-corrected chi connectivity index (χ4v) is 3.05. The molecule has 0 bridgehead atoms. The van der Waals surface area contributed by atoms with Crippen LogP contribution in [-0.2, 0) is 25.5 Å². The number of hydrogen-bond donors (Lipinski definition) is 1. The van der Waals surface area contributed by atoms with Crippen molar-refractivity contribution in [2.45, 2.75) is 19.3 Å². The third-order valence-corrected chi connectivity index (χ3v) is 4.60. The Morgan fingerprint density at radius 1 is 1.08 bits per heavy atom. The number of fused-ring (bicyclic) bond motifs is 1. The Hall–Kier alpha value is -2.90. The van der Waals surface area contributed by atoms with Gasteiger partial charge in [-0.05, 0) is 17.7 Å². The van der Waals surface area contributed by atoms with E-state index in [2.05, 4.69) is 14.7 Å². The van der Waals surface area contributed by atoms with Gasteiger partial charge in [0.15, 0.2) is 0 Å². The standard InChI is InChI=1S/C18H22N4O4/c1-26-18(25)5-4-16(23)21-6-8-22(9-7-21)17(24)11-13-2-3-14-15(10-13)20-12-19-14/h2-3,10,12H,4-9,11H2,1H3,(H,19,20). The van der Waals surface area contributed by atoms with Gasteiger partial charge in [0, 0.05) is 32.6 Å². The van der Waals surface area contributed by atoms with Gasteiger partial charge in [-0.15, -0.1) is 0 Å². The second-order valence-electron chi connectivity index (χ2n) is 6.27. The molecule has 1 saturated heterocycles. The molecule has 3 rings (SSSR count). The summed E-state index contributed by atoms with van der Waals surface area (Å²) in [5, 5.41) is 0. The van der Waals surface area contributed by atoms with E-state index in [0.717, 1.165) is 16.6 Å². The van der Waals surface area contributed by atoms with Gasteiger partial charge in [-0.2, -0.15) is 0 Å². The molecule has 1 aromatic heterocycles. The Labute approximate surface area is 151 Å². The minimum atomic E-state index is -0.388. The van der Waals surface area contributed by atoms with Crippen LogP contribution in [0.1, 0.15) is 18.4 Å². The number of aromatic nitrogens is 2. The number of H-pyrrole nitrogens is 1. The maximum Gasteiger partial charge on any atom is 0.306 e. The Kier molecular flexibility index (Phi) is 5.50. The number of carbonyl (C=O) groups excluding carboxylic acids is 3. The molecule has 0 radical (unpaired) electrons. The van der Waals surface area contributed by atoms with E-state index < -0.39 is 0 Å². The fraction of sp³-hybridized carbons (Fsp3) is 0.444. The molecule has 1 aliphatic rings. The molecule has 138 valence electrons. The topological polar surface area (TPSA) is 95.6 Å². The van der Waals surface area contributed by atoms with Crippen LogP contribution in [0.4, 0.5) is 0 Å². The van der Waals surface area contributed by atoms with Crippen LogP contribution in [0.25, 0.3) is 11.0 Å². The summed E-state index contributed by atoms with van der Waals surface area (Å²) in [6.07, 6.45) is 2.19. The van der Waals surface area contributed by atoms with Crippen molar-refractivity contribution in [3.63, 3.8) is 0 Å². The number of methoxy groups -OCH3 is 1. The molecular formula is C18H22N4O4. The number of amides is 2. The SMILES string of the molecule is COC(=O)CCC(=O)N1CCN(C(=O)Cc2ccc3nc[nH]c3c2)CC1. The van der Waals surface area contributed by atoms with Crippen LogP contribution in [0.5, 0.6) is 0 Å². The maximum atomic E-state index is 12.5. The minimum Gasteiger partial charge on any atom is -0.469 e. The van der Waals surface area contributed by atoms with Gasteiger partial charge in [0.25, 0.3) is 0 Å². The van der Waals surface area contributed by atoms with Crippen molar-refractivity contribution >= 4 is 28.8 Å². The highest BCUT2D eigenvalue weighted by Crippen LogP contribution is 2.14. The zero-order valence-electron chi connectivity index (χ0n) is 14.7. The van der Waals surface area contributed by atoms with Gasteiger partial charge in [0.2, 0.25) is 11.8 Å². The number of hydrogen-bond acceptors (Lipinski definition) is 5. The molecule has 0 unspecified atom stereocenters. The summed E-state index contributed by atoms with van der Waals surface area (Å²) in [7, 11) is 1.31. The molecular weight excluding hydrogens is 336 g/mol. The smallest absolute Gasteiger partial charge is 0.306 e. The molecule has 8 nitrogen and oxygen atoms in total. The predicted molar refractivity (Wildman–Crippen MR) is 94.2 cm³/mol. The number of rotatable bonds is 5. The lowest BCUT2D eigenvalue weighted by atomic mass is 10.1. The quantitative estimate of drug-likeness (QED) is 0.795. The molecule has 1 aromatic carbocycles. The zero-order valence-corrected chi connectivity index (χ0v) is 14.7. The second-order valence-corrected chi connectivity index (χ2v) is 6.27. The number of ether oxygens (including phenoxy) is 1. The number of benzene rings is 1. The molecule has 8 heteroatoms. The first-order valence-electron chi connectivity index (χ1n) is 8.61. The van der Waals surface area contributed by atoms with E-state index >= 15 is 0 Å². The van der Waals surface area contributed by atoms with Crippen molar-refractivity contribution in [1.82, 2.24) is 19.8 Å². The monoisotopic (exact) mass is 358 g/mol. The van der Waals surface area contributed by atoms with Gasteiger partial charge in [0.1, 0.15) is 0 Å². The number of nitrogens with one attached hydrogen (secondary N) is 1. The predicted octanol–water partition coefficient (Wildman–Crippen LogP) is 0.729. The molecule has 2 amide bonds. The maximum absolute atomic E-state index is 12.5. The van der Waals surface area contributed by atoms with Gasteiger partial charge in [-0.1, -0.05) is 6.07 Å². The number of carbonyl (C=O) groups is 3. The van der Waals surface area contributed by atoms with Crippen molar-refractivity contribution in [2.75, 3.05) is 33.3 Å². The van der Waals surface area contributed by atoms with Crippen molar-refractivity contribution in [3.8, 4) is 0 Å². The van der Waals surface area contributed by atoms with Crippen LogP contribution in [0.2, 0.25) is 0 Å². The Balaban J connectivity index is 1.48. The van der Waals surface area contributed by atoms with Gasteiger partial charge in [-0.25, -0.2) is 4.98 Å². The van der Waals surface area contributed by atoms with E-state index in [1.165, 1.54) is 7.11 Å². The van der Waals surface area contributed by atoms with E-state index in [9.17, 15) is 14.4 Å². The lowest BCUT2D eigenvalue weighted by Gasteiger charge is -2.35. The molecule has 0 saturated carbocycles. The molecule has 0 aliphatic carbocycles.